The van der Waals surface area contributed by atoms with E-state index in [-0.39, 0.29) is 22.7 Å². The number of hydrogen-bond donors (Lipinski definition) is 1. The van der Waals surface area contributed by atoms with E-state index < -0.39 is 5.82 Å². The second-order valence-electron chi connectivity index (χ2n) is 5.52. The van der Waals surface area contributed by atoms with Gasteiger partial charge in [0.25, 0.3) is 5.91 Å². The van der Waals surface area contributed by atoms with E-state index in [0.29, 0.717) is 11.3 Å². The van der Waals surface area contributed by atoms with Gasteiger partial charge in [0.05, 0.1) is 16.8 Å². The van der Waals surface area contributed by atoms with Gasteiger partial charge in [0.15, 0.2) is 0 Å². The molecule has 0 aliphatic heterocycles. The minimum Gasteiger partial charge on any atom is -0.344 e. The van der Waals surface area contributed by atoms with Crippen LogP contribution in [0.2, 0.25) is 5.02 Å². The van der Waals surface area contributed by atoms with Crippen molar-refractivity contribution in [3.63, 3.8) is 0 Å². The molecule has 3 rings (SSSR count). The first-order valence-electron chi connectivity index (χ1n) is 7.68. The summed E-state index contributed by atoms with van der Waals surface area (Å²) >= 11 is 5.69. The van der Waals surface area contributed by atoms with Gasteiger partial charge in [-0.1, -0.05) is 48.0 Å². The van der Waals surface area contributed by atoms with Crippen molar-refractivity contribution >= 4 is 17.5 Å². The Morgan fingerprint density at radius 3 is 2.60 bits per heavy atom. The Morgan fingerprint density at radius 1 is 1.12 bits per heavy atom. The van der Waals surface area contributed by atoms with Gasteiger partial charge in [0, 0.05) is 5.56 Å². The normalized spacial score (nSPS) is 11.8. The highest BCUT2D eigenvalue weighted by Crippen LogP contribution is 2.23. The van der Waals surface area contributed by atoms with Crippen LogP contribution in [0.15, 0.2) is 60.9 Å². The van der Waals surface area contributed by atoms with Gasteiger partial charge in [-0.05, 0) is 30.7 Å². The number of nitrogens with zero attached hydrogens (tertiary/aromatic N) is 2. The van der Waals surface area contributed by atoms with E-state index in [2.05, 4.69) is 15.3 Å². The molecule has 0 radical (unpaired) electrons. The molecule has 2 aromatic carbocycles. The summed E-state index contributed by atoms with van der Waals surface area (Å²) < 4.78 is 13.6. The number of carbonyl (C=O) groups is 1. The number of aromatic nitrogens is 2. The maximum atomic E-state index is 13.6. The van der Waals surface area contributed by atoms with E-state index in [1.54, 1.807) is 6.07 Å². The second kappa shape index (κ2) is 7.40. The van der Waals surface area contributed by atoms with Gasteiger partial charge in [-0.25, -0.2) is 14.4 Å². The largest absolute Gasteiger partial charge is 0.344 e. The summed E-state index contributed by atoms with van der Waals surface area (Å²) in [4.78, 5) is 20.5. The standard InChI is InChI=1S/C19H15ClFN3O/c1-12(13-5-3-2-4-6-13)24-19(25)18-10-17(22-11-23-18)14-7-8-15(20)16(21)9-14/h2-12H,1H3,(H,24,25). The van der Waals surface area contributed by atoms with Crippen LogP contribution in [-0.4, -0.2) is 15.9 Å². The van der Waals surface area contributed by atoms with Crippen molar-refractivity contribution in [1.29, 1.82) is 0 Å². The molecule has 1 heterocycles. The maximum absolute atomic E-state index is 13.6. The molecule has 0 aliphatic rings. The molecule has 3 aromatic rings. The monoisotopic (exact) mass is 355 g/mol. The van der Waals surface area contributed by atoms with Crippen molar-refractivity contribution in [2.75, 3.05) is 0 Å². The molecule has 0 fully saturated rings. The summed E-state index contributed by atoms with van der Waals surface area (Å²) in [6, 6.07) is 15.3. The van der Waals surface area contributed by atoms with Gasteiger partial charge in [-0.15, -0.1) is 0 Å². The number of halogens is 2. The van der Waals surface area contributed by atoms with Crippen molar-refractivity contribution in [2.24, 2.45) is 0 Å². The molecule has 0 spiro atoms. The van der Waals surface area contributed by atoms with Gasteiger partial charge >= 0.3 is 0 Å². The molecular formula is C19H15ClFN3O. The van der Waals surface area contributed by atoms with Crippen LogP contribution in [0.4, 0.5) is 4.39 Å². The molecule has 0 saturated heterocycles. The number of amides is 1. The third-order valence-corrected chi connectivity index (χ3v) is 4.07. The van der Waals surface area contributed by atoms with Crippen LogP contribution in [-0.2, 0) is 0 Å². The number of carbonyl (C=O) groups excluding carboxylic acids is 1. The van der Waals surface area contributed by atoms with Gasteiger partial charge in [0.2, 0.25) is 0 Å². The van der Waals surface area contributed by atoms with E-state index in [4.69, 9.17) is 11.6 Å². The molecule has 126 valence electrons. The number of nitrogens with one attached hydrogen (secondary N) is 1. The fourth-order valence-corrected chi connectivity index (χ4v) is 2.51. The van der Waals surface area contributed by atoms with Gasteiger partial charge in [0.1, 0.15) is 17.8 Å². The fourth-order valence-electron chi connectivity index (χ4n) is 2.39. The van der Waals surface area contributed by atoms with E-state index >= 15 is 0 Å². The first-order chi connectivity index (χ1) is 12.0. The summed E-state index contributed by atoms with van der Waals surface area (Å²) in [5.41, 5.74) is 2.17. The van der Waals surface area contributed by atoms with Gasteiger partial charge in [-0.3, -0.25) is 4.79 Å². The summed E-state index contributed by atoms with van der Waals surface area (Å²) in [7, 11) is 0. The first-order valence-corrected chi connectivity index (χ1v) is 8.05. The van der Waals surface area contributed by atoms with Crippen molar-refractivity contribution in [1.82, 2.24) is 15.3 Å². The van der Waals surface area contributed by atoms with Crippen LogP contribution in [0.1, 0.15) is 29.0 Å². The molecule has 1 aromatic heterocycles. The molecule has 1 amide bonds. The molecule has 0 saturated carbocycles. The Labute approximate surface area is 149 Å². The highest BCUT2D eigenvalue weighted by molar-refractivity contribution is 6.30. The van der Waals surface area contributed by atoms with E-state index in [1.807, 2.05) is 37.3 Å². The van der Waals surface area contributed by atoms with Gasteiger partial charge < -0.3 is 5.32 Å². The van der Waals surface area contributed by atoms with Crippen LogP contribution in [0, 0.1) is 5.82 Å². The Balaban J connectivity index is 1.81. The Kier molecular flexibility index (Phi) is 5.05. The number of rotatable bonds is 4. The Morgan fingerprint density at radius 2 is 1.88 bits per heavy atom. The minimum absolute atomic E-state index is 0.0347. The van der Waals surface area contributed by atoms with E-state index in [0.717, 1.165) is 5.56 Å². The molecule has 1 unspecified atom stereocenters. The highest BCUT2D eigenvalue weighted by atomic mass is 35.5. The lowest BCUT2D eigenvalue weighted by atomic mass is 10.1. The summed E-state index contributed by atoms with van der Waals surface area (Å²) in [5.74, 6) is -0.865. The average Bonchev–Trinajstić information content (AvgIpc) is 2.64. The molecular weight excluding hydrogens is 341 g/mol. The Bertz CT molecular complexity index is 902. The summed E-state index contributed by atoms with van der Waals surface area (Å²) in [6.45, 7) is 1.89. The van der Waals surface area contributed by atoms with E-state index in [1.165, 1.54) is 24.5 Å². The van der Waals surface area contributed by atoms with Crippen LogP contribution in [0.3, 0.4) is 0 Å². The summed E-state index contributed by atoms with van der Waals surface area (Å²) in [5, 5.41) is 2.92. The third kappa shape index (κ3) is 4.00. The average molecular weight is 356 g/mol. The molecule has 0 bridgehead atoms. The van der Waals surface area contributed by atoms with Crippen molar-refractivity contribution < 1.29 is 9.18 Å². The SMILES string of the molecule is CC(NC(=O)c1cc(-c2ccc(Cl)c(F)c2)ncn1)c1ccccc1. The third-order valence-electron chi connectivity index (χ3n) is 3.76. The molecule has 4 nitrogen and oxygen atoms in total. The smallest absolute Gasteiger partial charge is 0.270 e. The zero-order valence-corrected chi connectivity index (χ0v) is 14.2. The van der Waals surface area contributed by atoms with Crippen LogP contribution in [0.25, 0.3) is 11.3 Å². The Hall–Kier alpha value is -2.79. The summed E-state index contributed by atoms with van der Waals surface area (Å²) in [6.07, 6.45) is 1.28. The fraction of sp³-hybridized carbons (Fsp3) is 0.105. The zero-order valence-electron chi connectivity index (χ0n) is 13.4. The first kappa shape index (κ1) is 17.0. The maximum Gasteiger partial charge on any atom is 0.270 e. The van der Waals surface area contributed by atoms with E-state index in [9.17, 15) is 9.18 Å². The van der Waals surface area contributed by atoms with Crippen LogP contribution < -0.4 is 5.32 Å². The van der Waals surface area contributed by atoms with Crippen molar-refractivity contribution in [2.45, 2.75) is 13.0 Å². The lowest BCUT2D eigenvalue weighted by Gasteiger charge is -2.14. The topological polar surface area (TPSA) is 54.9 Å². The van der Waals surface area contributed by atoms with Crippen LogP contribution >= 0.6 is 11.6 Å². The van der Waals surface area contributed by atoms with Gasteiger partial charge in [-0.2, -0.15) is 0 Å². The lowest BCUT2D eigenvalue weighted by Crippen LogP contribution is -2.27. The molecule has 25 heavy (non-hydrogen) atoms. The molecule has 1 N–H and O–H groups in total. The highest BCUT2D eigenvalue weighted by Gasteiger charge is 2.14. The number of benzene rings is 2. The van der Waals surface area contributed by atoms with Crippen LogP contribution in [0.5, 0.6) is 0 Å². The number of hydrogen-bond acceptors (Lipinski definition) is 3. The van der Waals surface area contributed by atoms with Crippen molar-refractivity contribution in [3.05, 3.63) is 83.0 Å². The molecule has 1 atom stereocenters. The minimum atomic E-state index is -0.540. The predicted octanol–water partition coefficient (Wildman–Crippen LogP) is 4.43. The lowest BCUT2D eigenvalue weighted by molar-refractivity contribution is 0.0934. The van der Waals surface area contributed by atoms with Crippen molar-refractivity contribution in [3.8, 4) is 11.3 Å². The molecule has 6 heteroatoms. The quantitative estimate of drug-likeness (QED) is 0.753. The molecule has 0 aliphatic carbocycles. The zero-order chi connectivity index (χ0) is 17.8. The second-order valence-corrected chi connectivity index (χ2v) is 5.93. The predicted molar refractivity (Wildman–Crippen MR) is 94.8 cm³/mol.